The van der Waals surface area contributed by atoms with E-state index in [0.29, 0.717) is 6.54 Å². The molecular formula is C15H18N2S. The van der Waals surface area contributed by atoms with Crippen molar-refractivity contribution < 1.29 is 0 Å². The minimum Gasteiger partial charge on any atom is -0.326 e. The second-order valence-corrected chi connectivity index (χ2v) is 5.48. The molecule has 0 fully saturated rings. The van der Waals surface area contributed by atoms with Crippen molar-refractivity contribution in [2.75, 3.05) is 0 Å². The summed E-state index contributed by atoms with van der Waals surface area (Å²) in [5.74, 6) is 0. The van der Waals surface area contributed by atoms with Gasteiger partial charge in [0.25, 0.3) is 0 Å². The molecule has 2 N–H and O–H groups in total. The van der Waals surface area contributed by atoms with Crippen molar-refractivity contribution in [3.8, 4) is 0 Å². The first-order chi connectivity index (χ1) is 8.61. The summed E-state index contributed by atoms with van der Waals surface area (Å²) >= 11 is 1.77. The fourth-order valence-electron chi connectivity index (χ4n) is 1.95. The standard InChI is InChI=1S/C15H18N2S/c1-10-6-4-5-7-14(10)18-15-8-11(2)17-12(3)13(15)9-16/h4-8H,9,16H2,1-3H3. The topological polar surface area (TPSA) is 38.9 Å². The minimum absolute atomic E-state index is 0.535. The SMILES string of the molecule is Cc1cc(Sc2ccccc2C)c(CN)c(C)n1. The Morgan fingerprint density at radius 2 is 1.83 bits per heavy atom. The van der Waals surface area contributed by atoms with Crippen LogP contribution in [0.15, 0.2) is 40.1 Å². The summed E-state index contributed by atoms with van der Waals surface area (Å²) < 4.78 is 0. The number of pyridine rings is 1. The van der Waals surface area contributed by atoms with Gasteiger partial charge < -0.3 is 5.73 Å². The molecule has 0 aliphatic rings. The first kappa shape index (κ1) is 13.1. The van der Waals surface area contributed by atoms with Crippen LogP contribution in [0.2, 0.25) is 0 Å². The Labute approximate surface area is 113 Å². The smallest absolute Gasteiger partial charge is 0.0432 e. The van der Waals surface area contributed by atoms with Gasteiger partial charge in [-0.25, -0.2) is 0 Å². The highest BCUT2D eigenvalue weighted by Crippen LogP contribution is 2.33. The molecule has 2 nitrogen and oxygen atoms in total. The summed E-state index contributed by atoms with van der Waals surface area (Å²) in [6.07, 6.45) is 0. The normalized spacial score (nSPS) is 10.7. The van der Waals surface area contributed by atoms with Gasteiger partial charge in [-0.15, -0.1) is 0 Å². The van der Waals surface area contributed by atoms with Crippen molar-refractivity contribution in [2.24, 2.45) is 5.73 Å². The first-order valence-electron chi connectivity index (χ1n) is 6.02. The van der Waals surface area contributed by atoms with Crippen LogP contribution in [0.5, 0.6) is 0 Å². The van der Waals surface area contributed by atoms with Crippen LogP contribution in [0.1, 0.15) is 22.5 Å². The van der Waals surface area contributed by atoms with Crippen molar-refractivity contribution >= 4 is 11.8 Å². The molecule has 18 heavy (non-hydrogen) atoms. The second kappa shape index (κ2) is 5.55. The third-order valence-corrected chi connectivity index (χ3v) is 4.20. The molecule has 0 radical (unpaired) electrons. The van der Waals surface area contributed by atoms with E-state index in [1.165, 1.54) is 15.4 Å². The molecule has 0 atom stereocenters. The van der Waals surface area contributed by atoms with Gasteiger partial charge in [-0.05, 0) is 38.5 Å². The Hall–Kier alpha value is -1.32. The van der Waals surface area contributed by atoms with E-state index >= 15 is 0 Å². The Balaban J connectivity index is 2.43. The zero-order valence-corrected chi connectivity index (χ0v) is 11.8. The lowest BCUT2D eigenvalue weighted by Crippen LogP contribution is -2.04. The van der Waals surface area contributed by atoms with E-state index in [0.717, 1.165) is 17.0 Å². The lowest BCUT2D eigenvalue weighted by Gasteiger charge is -2.12. The monoisotopic (exact) mass is 258 g/mol. The number of rotatable bonds is 3. The predicted octanol–water partition coefficient (Wildman–Crippen LogP) is 3.62. The minimum atomic E-state index is 0.535. The second-order valence-electron chi connectivity index (χ2n) is 4.40. The molecule has 1 aromatic heterocycles. The van der Waals surface area contributed by atoms with E-state index in [1.807, 2.05) is 13.8 Å². The highest BCUT2D eigenvalue weighted by molar-refractivity contribution is 7.99. The molecule has 94 valence electrons. The van der Waals surface area contributed by atoms with Crippen LogP contribution in [0.3, 0.4) is 0 Å². The summed E-state index contributed by atoms with van der Waals surface area (Å²) in [5.41, 5.74) is 10.4. The number of nitrogens with two attached hydrogens (primary N) is 1. The van der Waals surface area contributed by atoms with E-state index in [4.69, 9.17) is 5.73 Å². The highest BCUT2D eigenvalue weighted by atomic mass is 32.2. The average Bonchev–Trinajstić information content (AvgIpc) is 2.31. The summed E-state index contributed by atoms with van der Waals surface area (Å²) in [5, 5.41) is 0. The van der Waals surface area contributed by atoms with Crippen molar-refractivity contribution in [3.05, 3.63) is 52.8 Å². The van der Waals surface area contributed by atoms with Crippen LogP contribution in [0.4, 0.5) is 0 Å². The Morgan fingerprint density at radius 1 is 1.11 bits per heavy atom. The summed E-state index contributed by atoms with van der Waals surface area (Å²) in [6.45, 7) is 6.71. The van der Waals surface area contributed by atoms with Gasteiger partial charge in [-0.1, -0.05) is 30.0 Å². The van der Waals surface area contributed by atoms with Crippen molar-refractivity contribution in [3.63, 3.8) is 0 Å². The molecule has 2 rings (SSSR count). The zero-order valence-electron chi connectivity index (χ0n) is 11.0. The van der Waals surface area contributed by atoms with E-state index in [9.17, 15) is 0 Å². The summed E-state index contributed by atoms with van der Waals surface area (Å²) in [6, 6.07) is 10.5. The maximum Gasteiger partial charge on any atom is 0.0432 e. The van der Waals surface area contributed by atoms with Crippen LogP contribution in [0, 0.1) is 20.8 Å². The van der Waals surface area contributed by atoms with Gasteiger partial charge >= 0.3 is 0 Å². The summed E-state index contributed by atoms with van der Waals surface area (Å²) in [4.78, 5) is 6.97. The molecule has 0 bridgehead atoms. The fraction of sp³-hybridized carbons (Fsp3) is 0.267. The van der Waals surface area contributed by atoms with Crippen LogP contribution < -0.4 is 5.73 Å². The average molecular weight is 258 g/mol. The maximum atomic E-state index is 5.84. The Kier molecular flexibility index (Phi) is 4.04. The molecule has 2 aromatic rings. The zero-order chi connectivity index (χ0) is 13.1. The van der Waals surface area contributed by atoms with Gasteiger partial charge in [0.2, 0.25) is 0 Å². The number of hydrogen-bond donors (Lipinski definition) is 1. The quantitative estimate of drug-likeness (QED) is 0.914. The molecule has 3 heteroatoms. The number of hydrogen-bond acceptors (Lipinski definition) is 3. The number of aromatic nitrogens is 1. The first-order valence-corrected chi connectivity index (χ1v) is 6.84. The highest BCUT2D eigenvalue weighted by Gasteiger charge is 2.09. The van der Waals surface area contributed by atoms with Crippen molar-refractivity contribution in [1.29, 1.82) is 0 Å². The van der Waals surface area contributed by atoms with Crippen molar-refractivity contribution in [1.82, 2.24) is 4.98 Å². The van der Waals surface area contributed by atoms with E-state index in [1.54, 1.807) is 11.8 Å². The van der Waals surface area contributed by atoms with Crippen LogP contribution >= 0.6 is 11.8 Å². The Morgan fingerprint density at radius 3 is 2.50 bits per heavy atom. The van der Waals surface area contributed by atoms with Gasteiger partial charge in [0.1, 0.15) is 0 Å². The molecule has 0 saturated heterocycles. The van der Waals surface area contributed by atoms with Gasteiger partial charge in [0.15, 0.2) is 0 Å². The largest absolute Gasteiger partial charge is 0.326 e. The lowest BCUT2D eigenvalue weighted by atomic mass is 10.2. The molecular weight excluding hydrogens is 240 g/mol. The number of benzene rings is 1. The van der Waals surface area contributed by atoms with Crippen LogP contribution in [-0.2, 0) is 6.54 Å². The van der Waals surface area contributed by atoms with Gasteiger partial charge in [0, 0.05) is 33.3 Å². The third kappa shape index (κ3) is 2.74. The molecule has 0 spiro atoms. The van der Waals surface area contributed by atoms with Gasteiger partial charge in [0.05, 0.1) is 0 Å². The molecule has 0 amide bonds. The third-order valence-electron chi connectivity index (χ3n) is 2.94. The number of nitrogens with zero attached hydrogens (tertiary/aromatic N) is 1. The van der Waals surface area contributed by atoms with Crippen molar-refractivity contribution in [2.45, 2.75) is 37.1 Å². The van der Waals surface area contributed by atoms with E-state index in [-0.39, 0.29) is 0 Å². The summed E-state index contributed by atoms with van der Waals surface area (Å²) in [7, 11) is 0. The molecule has 1 aromatic carbocycles. The predicted molar refractivity (Wildman–Crippen MR) is 76.9 cm³/mol. The van der Waals surface area contributed by atoms with Gasteiger partial charge in [-0.3, -0.25) is 4.98 Å². The molecule has 0 aliphatic carbocycles. The fourth-order valence-corrected chi connectivity index (χ4v) is 3.14. The van der Waals surface area contributed by atoms with Crippen LogP contribution in [-0.4, -0.2) is 4.98 Å². The lowest BCUT2D eigenvalue weighted by molar-refractivity contribution is 0.944. The van der Waals surface area contributed by atoms with E-state index in [2.05, 4.69) is 42.2 Å². The molecule has 0 unspecified atom stereocenters. The Bertz CT molecular complexity index is 564. The van der Waals surface area contributed by atoms with E-state index < -0.39 is 0 Å². The maximum absolute atomic E-state index is 5.84. The molecule has 1 heterocycles. The molecule has 0 aliphatic heterocycles. The van der Waals surface area contributed by atoms with Gasteiger partial charge in [-0.2, -0.15) is 0 Å². The molecule has 0 saturated carbocycles. The number of aryl methyl sites for hydroxylation is 3. The van der Waals surface area contributed by atoms with Crippen LogP contribution in [0.25, 0.3) is 0 Å².